The first-order valence-corrected chi connectivity index (χ1v) is 10.0. The van der Waals surface area contributed by atoms with Crippen LogP contribution in [0.1, 0.15) is 21.5 Å². The molecule has 3 aromatic carbocycles. The van der Waals surface area contributed by atoms with Crippen LogP contribution in [0.3, 0.4) is 0 Å². The fourth-order valence-electron chi connectivity index (χ4n) is 2.73. The molecule has 0 fully saturated rings. The number of aryl methyl sites for hydroxylation is 2. The van der Waals surface area contributed by atoms with Crippen LogP contribution in [0, 0.1) is 19.7 Å². The standard InChI is InChI=1S/C21H19FN2O3S/c1-14-7-12-19(15(2)13-14)23-21(25)18-5-3-4-6-20(18)24-28(26,27)17-10-8-16(22)9-11-17/h3-13,24H,1-2H3,(H,23,25). The van der Waals surface area contributed by atoms with E-state index in [1.165, 1.54) is 12.1 Å². The Morgan fingerprint density at radius 2 is 1.57 bits per heavy atom. The number of sulfonamides is 1. The van der Waals surface area contributed by atoms with Gasteiger partial charge in [-0.2, -0.15) is 0 Å². The molecule has 7 heteroatoms. The van der Waals surface area contributed by atoms with Crippen molar-refractivity contribution in [2.45, 2.75) is 18.7 Å². The largest absolute Gasteiger partial charge is 0.322 e. The number of hydrogen-bond acceptors (Lipinski definition) is 3. The summed E-state index contributed by atoms with van der Waals surface area (Å²) >= 11 is 0. The lowest BCUT2D eigenvalue weighted by molar-refractivity contribution is 0.102. The van der Waals surface area contributed by atoms with Crippen LogP contribution >= 0.6 is 0 Å². The molecule has 3 aromatic rings. The first-order chi connectivity index (χ1) is 13.3. The molecule has 2 N–H and O–H groups in total. The van der Waals surface area contributed by atoms with Crippen LogP contribution < -0.4 is 10.0 Å². The highest BCUT2D eigenvalue weighted by atomic mass is 32.2. The Kier molecular flexibility index (Phi) is 5.46. The first-order valence-electron chi connectivity index (χ1n) is 8.52. The Bertz CT molecular complexity index is 1130. The van der Waals surface area contributed by atoms with Gasteiger partial charge in [0.05, 0.1) is 16.1 Å². The molecule has 3 rings (SSSR count). The quantitative estimate of drug-likeness (QED) is 0.665. The third-order valence-corrected chi connectivity index (χ3v) is 5.55. The lowest BCUT2D eigenvalue weighted by Crippen LogP contribution is -2.19. The summed E-state index contributed by atoms with van der Waals surface area (Å²) in [6.07, 6.45) is 0. The van der Waals surface area contributed by atoms with E-state index in [1.807, 2.05) is 26.0 Å². The van der Waals surface area contributed by atoms with E-state index in [9.17, 15) is 17.6 Å². The predicted molar refractivity (Wildman–Crippen MR) is 108 cm³/mol. The molecule has 1 amide bonds. The van der Waals surface area contributed by atoms with Crippen molar-refractivity contribution in [2.75, 3.05) is 10.0 Å². The van der Waals surface area contributed by atoms with Gasteiger partial charge in [0.1, 0.15) is 5.82 Å². The van der Waals surface area contributed by atoms with Gasteiger partial charge in [-0.1, -0.05) is 29.8 Å². The highest BCUT2D eigenvalue weighted by Crippen LogP contribution is 2.23. The second kappa shape index (κ2) is 7.82. The molecule has 0 unspecified atom stereocenters. The van der Waals surface area contributed by atoms with Gasteiger partial charge in [0.25, 0.3) is 15.9 Å². The van der Waals surface area contributed by atoms with Crippen molar-refractivity contribution in [3.8, 4) is 0 Å². The minimum absolute atomic E-state index is 0.0986. The van der Waals surface area contributed by atoms with Gasteiger partial charge in [-0.25, -0.2) is 12.8 Å². The topological polar surface area (TPSA) is 75.3 Å². The zero-order valence-electron chi connectivity index (χ0n) is 15.4. The maximum absolute atomic E-state index is 13.1. The Balaban J connectivity index is 1.88. The SMILES string of the molecule is Cc1ccc(NC(=O)c2ccccc2NS(=O)(=O)c2ccc(F)cc2)c(C)c1. The molecule has 0 aliphatic rings. The Hall–Kier alpha value is -3.19. The summed E-state index contributed by atoms with van der Waals surface area (Å²) in [4.78, 5) is 12.6. The number of benzene rings is 3. The number of carbonyl (C=O) groups is 1. The number of amides is 1. The molecule has 0 atom stereocenters. The van der Waals surface area contributed by atoms with E-state index >= 15 is 0 Å². The summed E-state index contributed by atoms with van der Waals surface area (Å²) in [7, 11) is -3.97. The molecule has 5 nitrogen and oxygen atoms in total. The van der Waals surface area contributed by atoms with Crippen LogP contribution in [0.4, 0.5) is 15.8 Å². The van der Waals surface area contributed by atoms with Crippen LogP contribution in [0.25, 0.3) is 0 Å². The van der Waals surface area contributed by atoms with Gasteiger partial charge < -0.3 is 5.32 Å². The van der Waals surface area contributed by atoms with E-state index in [2.05, 4.69) is 10.0 Å². The number of rotatable bonds is 5. The van der Waals surface area contributed by atoms with E-state index in [4.69, 9.17) is 0 Å². The predicted octanol–water partition coefficient (Wildman–Crippen LogP) is 4.50. The van der Waals surface area contributed by atoms with Crippen molar-refractivity contribution in [3.63, 3.8) is 0 Å². The molecule has 144 valence electrons. The van der Waals surface area contributed by atoms with Gasteiger partial charge in [0.2, 0.25) is 0 Å². The zero-order valence-corrected chi connectivity index (χ0v) is 16.2. The summed E-state index contributed by atoms with van der Waals surface area (Å²) in [6.45, 7) is 3.84. The average Bonchev–Trinajstić information content (AvgIpc) is 2.64. The molecule has 28 heavy (non-hydrogen) atoms. The summed E-state index contributed by atoms with van der Waals surface area (Å²) in [5.74, 6) is -0.975. The molecule has 0 heterocycles. The van der Waals surface area contributed by atoms with Gasteiger partial charge in [-0.3, -0.25) is 9.52 Å². The highest BCUT2D eigenvalue weighted by molar-refractivity contribution is 7.92. The minimum Gasteiger partial charge on any atom is -0.322 e. The zero-order chi connectivity index (χ0) is 20.3. The van der Waals surface area contributed by atoms with Crippen molar-refractivity contribution >= 4 is 27.3 Å². The number of halogens is 1. The van der Waals surface area contributed by atoms with Crippen molar-refractivity contribution < 1.29 is 17.6 Å². The fraction of sp³-hybridized carbons (Fsp3) is 0.0952. The first kappa shape index (κ1) is 19.6. The van der Waals surface area contributed by atoms with Crippen molar-refractivity contribution in [3.05, 3.63) is 89.2 Å². The molecule has 0 radical (unpaired) electrons. The van der Waals surface area contributed by atoms with E-state index in [1.54, 1.807) is 18.2 Å². The Morgan fingerprint density at radius 1 is 0.893 bits per heavy atom. The van der Waals surface area contributed by atoms with Gasteiger partial charge in [0, 0.05) is 5.69 Å². The molecule has 0 aliphatic carbocycles. The van der Waals surface area contributed by atoms with Crippen LogP contribution in [-0.2, 0) is 10.0 Å². The molecular weight excluding hydrogens is 379 g/mol. The monoisotopic (exact) mass is 398 g/mol. The van der Waals surface area contributed by atoms with E-state index in [0.29, 0.717) is 5.69 Å². The number of anilines is 2. The summed E-state index contributed by atoms with van der Waals surface area (Å²) in [6, 6.07) is 16.4. The molecular formula is C21H19FN2O3S. The number of para-hydroxylation sites is 1. The molecule has 0 bridgehead atoms. The molecule has 0 aromatic heterocycles. The van der Waals surface area contributed by atoms with Gasteiger partial charge in [0.15, 0.2) is 0 Å². The summed E-state index contributed by atoms with van der Waals surface area (Å²) in [5, 5.41) is 2.80. The highest BCUT2D eigenvalue weighted by Gasteiger charge is 2.19. The van der Waals surface area contributed by atoms with Gasteiger partial charge in [-0.05, 0) is 61.9 Å². The van der Waals surface area contributed by atoms with Gasteiger partial charge in [-0.15, -0.1) is 0 Å². The molecule has 0 saturated heterocycles. The molecule has 0 spiro atoms. The Labute approximate surface area is 163 Å². The van der Waals surface area contributed by atoms with E-state index in [0.717, 1.165) is 35.4 Å². The van der Waals surface area contributed by atoms with Crippen LogP contribution in [0.2, 0.25) is 0 Å². The molecule has 0 saturated carbocycles. The number of hydrogen-bond donors (Lipinski definition) is 2. The average molecular weight is 398 g/mol. The lowest BCUT2D eigenvalue weighted by atomic mass is 10.1. The maximum atomic E-state index is 13.1. The van der Waals surface area contributed by atoms with Crippen LogP contribution in [-0.4, -0.2) is 14.3 Å². The molecule has 0 aliphatic heterocycles. The fourth-order valence-corrected chi connectivity index (χ4v) is 3.81. The van der Waals surface area contributed by atoms with Crippen molar-refractivity contribution in [2.24, 2.45) is 0 Å². The Morgan fingerprint density at radius 3 is 2.25 bits per heavy atom. The van der Waals surface area contributed by atoms with Crippen LogP contribution in [0.15, 0.2) is 71.6 Å². The number of nitrogens with one attached hydrogen (secondary N) is 2. The normalized spacial score (nSPS) is 11.1. The minimum atomic E-state index is -3.97. The third kappa shape index (κ3) is 4.37. The lowest BCUT2D eigenvalue weighted by Gasteiger charge is -2.14. The van der Waals surface area contributed by atoms with Crippen LogP contribution in [0.5, 0.6) is 0 Å². The summed E-state index contributed by atoms with van der Waals surface area (Å²) < 4.78 is 40.6. The second-order valence-corrected chi connectivity index (χ2v) is 8.06. The second-order valence-electron chi connectivity index (χ2n) is 6.38. The van der Waals surface area contributed by atoms with Gasteiger partial charge >= 0.3 is 0 Å². The maximum Gasteiger partial charge on any atom is 0.261 e. The van der Waals surface area contributed by atoms with Crippen molar-refractivity contribution in [1.29, 1.82) is 0 Å². The summed E-state index contributed by atoms with van der Waals surface area (Å²) in [5.41, 5.74) is 2.93. The van der Waals surface area contributed by atoms with E-state index in [-0.39, 0.29) is 16.1 Å². The van der Waals surface area contributed by atoms with E-state index < -0.39 is 21.7 Å². The smallest absolute Gasteiger partial charge is 0.261 e. The number of carbonyl (C=O) groups excluding carboxylic acids is 1. The third-order valence-electron chi connectivity index (χ3n) is 4.17. The van der Waals surface area contributed by atoms with Crippen molar-refractivity contribution in [1.82, 2.24) is 0 Å².